The first-order valence-electron chi connectivity index (χ1n) is 9.07. The molecule has 0 bridgehead atoms. The minimum Gasteiger partial charge on any atom is -0.457 e. The second-order valence-corrected chi connectivity index (χ2v) is 8.75. The summed E-state index contributed by atoms with van der Waals surface area (Å²) in [4.78, 5) is 14.3. The van der Waals surface area contributed by atoms with Crippen molar-refractivity contribution in [2.45, 2.75) is 33.7 Å². The van der Waals surface area contributed by atoms with E-state index in [0.29, 0.717) is 0 Å². The molecular formula is C23H25NO2S. The molecule has 0 aliphatic carbocycles. The molecule has 140 valence electrons. The SMILES string of the molecule is CC(NC(=O)c1ccc(-c2ccc(Oc3ccccc3)cc2)s1)C(C)(C)C. The lowest BCUT2D eigenvalue weighted by molar-refractivity contribution is 0.0914. The third kappa shape index (κ3) is 4.98. The fourth-order valence-corrected chi connectivity index (χ4v) is 3.33. The van der Waals surface area contributed by atoms with E-state index in [4.69, 9.17) is 4.74 Å². The highest BCUT2D eigenvalue weighted by Gasteiger charge is 2.22. The Balaban J connectivity index is 1.68. The van der Waals surface area contributed by atoms with Crippen LogP contribution in [-0.2, 0) is 0 Å². The van der Waals surface area contributed by atoms with Gasteiger partial charge in [0.25, 0.3) is 5.91 Å². The van der Waals surface area contributed by atoms with Gasteiger partial charge in [-0.1, -0.05) is 39.0 Å². The molecule has 1 atom stereocenters. The molecule has 0 radical (unpaired) electrons. The lowest BCUT2D eigenvalue weighted by Gasteiger charge is -2.27. The van der Waals surface area contributed by atoms with Gasteiger partial charge < -0.3 is 10.1 Å². The highest BCUT2D eigenvalue weighted by molar-refractivity contribution is 7.17. The maximum absolute atomic E-state index is 12.5. The zero-order chi connectivity index (χ0) is 19.4. The molecule has 1 unspecified atom stereocenters. The summed E-state index contributed by atoms with van der Waals surface area (Å²) in [5.41, 5.74) is 1.10. The van der Waals surface area contributed by atoms with Crippen molar-refractivity contribution in [3.63, 3.8) is 0 Å². The van der Waals surface area contributed by atoms with E-state index in [1.807, 2.05) is 73.7 Å². The van der Waals surface area contributed by atoms with E-state index >= 15 is 0 Å². The van der Waals surface area contributed by atoms with E-state index in [1.54, 1.807) is 0 Å². The molecule has 1 aromatic heterocycles. The fourth-order valence-electron chi connectivity index (χ4n) is 2.41. The topological polar surface area (TPSA) is 38.3 Å². The maximum Gasteiger partial charge on any atom is 0.261 e. The van der Waals surface area contributed by atoms with Gasteiger partial charge >= 0.3 is 0 Å². The van der Waals surface area contributed by atoms with Gasteiger partial charge in [-0.2, -0.15) is 0 Å². The molecule has 0 saturated heterocycles. The summed E-state index contributed by atoms with van der Waals surface area (Å²) in [6.45, 7) is 8.41. The van der Waals surface area contributed by atoms with Gasteiger partial charge in [-0.3, -0.25) is 4.79 Å². The van der Waals surface area contributed by atoms with Crippen molar-refractivity contribution in [2.75, 3.05) is 0 Å². The van der Waals surface area contributed by atoms with Crippen LogP contribution in [0.4, 0.5) is 0 Å². The van der Waals surface area contributed by atoms with Crippen LogP contribution in [0.25, 0.3) is 10.4 Å². The highest BCUT2D eigenvalue weighted by atomic mass is 32.1. The summed E-state index contributed by atoms with van der Waals surface area (Å²) in [5.74, 6) is 1.59. The number of hydrogen-bond donors (Lipinski definition) is 1. The minimum absolute atomic E-state index is 0.0160. The molecule has 0 fully saturated rings. The molecule has 0 spiro atoms. The number of thiophene rings is 1. The Morgan fingerprint density at radius 3 is 2.19 bits per heavy atom. The van der Waals surface area contributed by atoms with Gasteiger partial charge in [0, 0.05) is 10.9 Å². The summed E-state index contributed by atoms with van der Waals surface area (Å²) in [6, 6.07) is 21.6. The van der Waals surface area contributed by atoms with Crippen LogP contribution in [0.2, 0.25) is 0 Å². The lowest BCUT2D eigenvalue weighted by Crippen LogP contribution is -2.41. The molecule has 1 N–H and O–H groups in total. The Morgan fingerprint density at radius 2 is 1.56 bits per heavy atom. The Bertz CT molecular complexity index is 892. The van der Waals surface area contributed by atoms with Crippen LogP contribution < -0.4 is 10.1 Å². The second-order valence-electron chi connectivity index (χ2n) is 7.66. The zero-order valence-corrected chi connectivity index (χ0v) is 17.0. The number of carbonyl (C=O) groups excluding carboxylic acids is 1. The van der Waals surface area contributed by atoms with Crippen molar-refractivity contribution in [1.82, 2.24) is 5.32 Å². The van der Waals surface area contributed by atoms with Crippen LogP contribution in [0.15, 0.2) is 66.7 Å². The number of nitrogens with one attached hydrogen (secondary N) is 1. The van der Waals surface area contributed by atoms with E-state index in [1.165, 1.54) is 11.3 Å². The van der Waals surface area contributed by atoms with Crippen LogP contribution in [0, 0.1) is 5.41 Å². The predicted octanol–water partition coefficient (Wildman–Crippen LogP) is 6.37. The summed E-state index contributed by atoms with van der Waals surface area (Å²) in [5, 5.41) is 3.09. The van der Waals surface area contributed by atoms with Crippen molar-refractivity contribution < 1.29 is 9.53 Å². The smallest absolute Gasteiger partial charge is 0.261 e. The predicted molar refractivity (Wildman–Crippen MR) is 113 cm³/mol. The van der Waals surface area contributed by atoms with Crippen molar-refractivity contribution in [3.8, 4) is 21.9 Å². The van der Waals surface area contributed by atoms with Crippen LogP contribution in [0.1, 0.15) is 37.4 Å². The molecule has 0 aliphatic rings. The second kappa shape index (κ2) is 7.97. The van der Waals surface area contributed by atoms with Crippen molar-refractivity contribution in [3.05, 3.63) is 71.6 Å². The first-order valence-corrected chi connectivity index (χ1v) is 9.88. The van der Waals surface area contributed by atoms with Crippen LogP contribution in [-0.4, -0.2) is 11.9 Å². The highest BCUT2D eigenvalue weighted by Crippen LogP contribution is 2.31. The minimum atomic E-state index is -0.0160. The first-order chi connectivity index (χ1) is 12.8. The molecule has 0 saturated carbocycles. The van der Waals surface area contributed by atoms with Crippen LogP contribution >= 0.6 is 11.3 Å². The van der Waals surface area contributed by atoms with Gasteiger partial charge in [-0.25, -0.2) is 0 Å². The number of rotatable bonds is 5. The van der Waals surface area contributed by atoms with E-state index < -0.39 is 0 Å². The molecular weight excluding hydrogens is 354 g/mol. The van der Waals surface area contributed by atoms with Gasteiger partial charge in [0.05, 0.1) is 4.88 Å². The first kappa shape index (κ1) is 19.2. The zero-order valence-electron chi connectivity index (χ0n) is 16.2. The van der Waals surface area contributed by atoms with Crippen molar-refractivity contribution in [1.29, 1.82) is 0 Å². The van der Waals surface area contributed by atoms with Gasteiger partial charge in [0.2, 0.25) is 0 Å². The number of benzene rings is 2. The average Bonchev–Trinajstić information content (AvgIpc) is 3.13. The van der Waals surface area contributed by atoms with Gasteiger partial charge in [-0.15, -0.1) is 11.3 Å². The van der Waals surface area contributed by atoms with Gasteiger partial charge in [-0.05, 0) is 66.4 Å². The Morgan fingerprint density at radius 1 is 0.926 bits per heavy atom. The van der Waals surface area contributed by atoms with E-state index in [0.717, 1.165) is 26.8 Å². The van der Waals surface area contributed by atoms with Crippen molar-refractivity contribution >= 4 is 17.2 Å². The van der Waals surface area contributed by atoms with Crippen molar-refractivity contribution in [2.24, 2.45) is 5.41 Å². The Hall–Kier alpha value is -2.59. The molecule has 3 nitrogen and oxygen atoms in total. The number of hydrogen-bond acceptors (Lipinski definition) is 3. The summed E-state index contributed by atoms with van der Waals surface area (Å²) < 4.78 is 5.83. The number of amides is 1. The molecule has 0 aliphatic heterocycles. The lowest BCUT2D eigenvalue weighted by atomic mass is 9.88. The van der Waals surface area contributed by atoms with Gasteiger partial charge in [0.1, 0.15) is 11.5 Å². The summed E-state index contributed by atoms with van der Waals surface area (Å²) in [7, 11) is 0. The summed E-state index contributed by atoms with van der Waals surface area (Å²) in [6.07, 6.45) is 0. The molecule has 4 heteroatoms. The molecule has 2 aromatic carbocycles. The van der Waals surface area contributed by atoms with Crippen LogP contribution in [0.3, 0.4) is 0 Å². The molecule has 3 aromatic rings. The quantitative estimate of drug-likeness (QED) is 0.559. The third-order valence-corrected chi connectivity index (χ3v) is 5.73. The Labute approximate surface area is 165 Å². The Kier molecular flexibility index (Phi) is 5.66. The third-order valence-electron chi connectivity index (χ3n) is 4.59. The van der Waals surface area contributed by atoms with E-state index in [2.05, 4.69) is 26.1 Å². The normalized spacial score (nSPS) is 12.4. The average molecular weight is 380 g/mol. The number of ether oxygens (including phenoxy) is 1. The van der Waals surface area contributed by atoms with Crippen LogP contribution in [0.5, 0.6) is 11.5 Å². The molecule has 27 heavy (non-hydrogen) atoms. The fraction of sp³-hybridized carbons (Fsp3) is 0.261. The maximum atomic E-state index is 12.5. The van der Waals surface area contributed by atoms with E-state index in [-0.39, 0.29) is 17.4 Å². The standard InChI is InChI=1S/C23H25NO2S/c1-16(23(2,3)4)24-22(25)21-15-14-20(27-21)17-10-12-19(13-11-17)26-18-8-6-5-7-9-18/h5-16H,1-4H3,(H,24,25). The van der Waals surface area contributed by atoms with E-state index in [9.17, 15) is 4.79 Å². The number of para-hydroxylation sites is 1. The monoisotopic (exact) mass is 379 g/mol. The largest absolute Gasteiger partial charge is 0.457 e. The molecule has 3 rings (SSSR count). The molecule has 1 amide bonds. The summed E-state index contributed by atoms with van der Waals surface area (Å²) >= 11 is 1.50. The van der Waals surface area contributed by atoms with Gasteiger partial charge in [0.15, 0.2) is 0 Å². The number of carbonyl (C=O) groups is 1. The molecule has 1 heterocycles.